The third-order valence-electron chi connectivity index (χ3n) is 2.54. The lowest BCUT2D eigenvalue weighted by molar-refractivity contribution is -0.141. The Bertz CT molecular complexity index is 519. The highest BCUT2D eigenvalue weighted by Gasteiger charge is 2.17. The Balaban J connectivity index is 2.49. The molecule has 0 spiro atoms. The first-order chi connectivity index (χ1) is 9.43. The second-order valence-electron chi connectivity index (χ2n) is 4.06. The molecule has 0 aliphatic carbocycles. The Labute approximate surface area is 121 Å². The Morgan fingerprint density at radius 2 is 2.05 bits per heavy atom. The van der Waals surface area contributed by atoms with Crippen molar-refractivity contribution < 1.29 is 19.5 Å². The van der Waals surface area contributed by atoms with Crippen molar-refractivity contribution in [3.8, 4) is 0 Å². The molecule has 0 radical (unpaired) electrons. The number of hydrogen-bond acceptors (Lipinski definition) is 3. The molecule has 20 heavy (non-hydrogen) atoms. The topological polar surface area (TPSA) is 95.5 Å². The first-order valence-corrected chi connectivity index (χ1v) is 6.37. The molecule has 3 N–H and O–H groups in total. The van der Waals surface area contributed by atoms with E-state index in [2.05, 4.69) is 10.6 Å². The molecule has 0 aliphatic rings. The van der Waals surface area contributed by atoms with Crippen LogP contribution in [-0.4, -0.2) is 35.5 Å². The fourth-order valence-electron chi connectivity index (χ4n) is 1.48. The van der Waals surface area contributed by atoms with E-state index in [0.29, 0.717) is 10.6 Å². The molecule has 7 heteroatoms. The van der Waals surface area contributed by atoms with Crippen molar-refractivity contribution >= 4 is 29.4 Å². The Kier molecular flexibility index (Phi) is 5.99. The number of amides is 2. The average Bonchev–Trinajstić information content (AvgIpc) is 2.41. The standard InChI is InChI=1S/C13H15ClN2O4/c1-2-10(13(19)20)16-11(17)7-15-12(18)8-4-3-5-9(14)6-8/h3-6,10H,2,7H2,1H3,(H,15,18)(H,16,17)(H,19,20). The van der Waals surface area contributed by atoms with E-state index >= 15 is 0 Å². The van der Waals surface area contributed by atoms with E-state index < -0.39 is 23.8 Å². The van der Waals surface area contributed by atoms with Gasteiger partial charge in [-0.25, -0.2) is 4.79 Å². The van der Waals surface area contributed by atoms with Crippen molar-refractivity contribution in [3.05, 3.63) is 34.9 Å². The van der Waals surface area contributed by atoms with Gasteiger partial charge in [-0.3, -0.25) is 9.59 Å². The van der Waals surface area contributed by atoms with Gasteiger partial charge in [0.2, 0.25) is 5.91 Å². The molecule has 0 saturated heterocycles. The fraction of sp³-hybridized carbons (Fsp3) is 0.308. The summed E-state index contributed by atoms with van der Waals surface area (Å²) < 4.78 is 0. The largest absolute Gasteiger partial charge is 0.480 e. The molecule has 0 aromatic heterocycles. The van der Waals surface area contributed by atoms with Crippen LogP contribution in [0.3, 0.4) is 0 Å². The van der Waals surface area contributed by atoms with Gasteiger partial charge in [-0.05, 0) is 24.6 Å². The number of benzene rings is 1. The van der Waals surface area contributed by atoms with Crippen LogP contribution in [0.4, 0.5) is 0 Å². The van der Waals surface area contributed by atoms with Crippen LogP contribution in [0.25, 0.3) is 0 Å². The van der Waals surface area contributed by atoms with Crippen molar-refractivity contribution in [2.75, 3.05) is 6.54 Å². The molecule has 0 heterocycles. The minimum atomic E-state index is -1.11. The van der Waals surface area contributed by atoms with E-state index in [9.17, 15) is 14.4 Å². The Morgan fingerprint density at radius 1 is 1.35 bits per heavy atom. The molecule has 0 bridgehead atoms. The lowest BCUT2D eigenvalue weighted by Crippen LogP contribution is -2.45. The van der Waals surface area contributed by atoms with Crippen LogP contribution in [0.1, 0.15) is 23.7 Å². The van der Waals surface area contributed by atoms with Crippen molar-refractivity contribution in [3.63, 3.8) is 0 Å². The normalized spacial score (nSPS) is 11.5. The van der Waals surface area contributed by atoms with Gasteiger partial charge in [0.05, 0.1) is 6.54 Å². The zero-order chi connectivity index (χ0) is 15.1. The highest BCUT2D eigenvalue weighted by atomic mass is 35.5. The molecular formula is C13H15ClN2O4. The van der Waals surface area contributed by atoms with E-state index in [-0.39, 0.29) is 13.0 Å². The summed E-state index contributed by atoms with van der Waals surface area (Å²) in [6, 6.07) is 5.33. The van der Waals surface area contributed by atoms with Gasteiger partial charge in [0, 0.05) is 10.6 Å². The molecule has 0 saturated carbocycles. The van der Waals surface area contributed by atoms with Crippen LogP contribution in [0, 0.1) is 0 Å². The van der Waals surface area contributed by atoms with E-state index in [1.807, 2.05) is 0 Å². The van der Waals surface area contributed by atoms with Crippen LogP contribution in [0.2, 0.25) is 5.02 Å². The van der Waals surface area contributed by atoms with Crippen molar-refractivity contribution in [1.29, 1.82) is 0 Å². The van der Waals surface area contributed by atoms with Crippen LogP contribution in [0.5, 0.6) is 0 Å². The number of rotatable bonds is 6. The molecule has 6 nitrogen and oxygen atoms in total. The molecule has 1 rings (SSSR count). The average molecular weight is 299 g/mol. The van der Waals surface area contributed by atoms with Gasteiger partial charge in [0.25, 0.3) is 5.91 Å². The SMILES string of the molecule is CCC(NC(=O)CNC(=O)c1cccc(Cl)c1)C(=O)O. The molecule has 0 aliphatic heterocycles. The van der Waals surface area contributed by atoms with Gasteiger partial charge in [0.15, 0.2) is 0 Å². The van der Waals surface area contributed by atoms with Gasteiger partial charge < -0.3 is 15.7 Å². The Hall–Kier alpha value is -2.08. The first-order valence-electron chi connectivity index (χ1n) is 6.00. The van der Waals surface area contributed by atoms with E-state index in [1.165, 1.54) is 6.07 Å². The molecule has 1 unspecified atom stereocenters. The summed E-state index contributed by atoms with van der Waals surface area (Å²) in [6.07, 6.45) is 0.267. The summed E-state index contributed by atoms with van der Waals surface area (Å²) in [5.41, 5.74) is 0.329. The lowest BCUT2D eigenvalue weighted by Gasteiger charge is -2.12. The minimum Gasteiger partial charge on any atom is -0.480 e. The Morgan fingerprint density at radius 3 is 2.60 bits per heavy atom. The van der Waals surface area contributed by atoms with Crippen LogP contribution >= 0.6 is 11.6 Å². The predicted octanol–water partition coefficient (Wildman–Crippen LogP) is 1.05. The highest BCUT2D eigenvalue weighted by molar-refractivity contribution is 6.30. The van der Waals surface area contributed by atoms with Crippen LogP contribution < -0.4 is 10.6 Å². The number of hydrogen-bond donors (Lipinski definition) is 3. The molecule has 0 fully saturated rings. The smallest absolute Gasteiger partial charge is 0.326 e. The summed E-state index contributed by atoms with van der Waals surface area (Å²) in [4.78, 5) is 34.0. The summed E-state index contributed by atoms with van der Waals surface area (Å²) in [5.74, 6) is -2.12. The fourth-order valence-corrected chi connectivity index (χ4v) is 1.67. The van der Waals surface area contributed by atoms with E-state index in [4.69, 9.17) is 16.7 Å². The number of halogens is 1. The van der Waals surface area contributed by atoms with Crippen molar-refractivity contribution in [2.45, 2.75) is 19.4 Å². The molecule has 1 aromatic rings. The second kappa shape index (κ2) is 7.49. The van der Waals surface area contributed by atoms with Gasteiger partial charge in [-0.2, -0.15) is 0 Å². The quantitative estimate of drug-likeness (QED) is 0.731. The monoisotopic (exact) mass is 298 g/mol. The van der Waals surface area contributed by atoms with Crippen molar-refractivity contribution in [2.24, 2.45) is 0 Å². The zero-order valence-corrected chi connectivity index (χ0v) is 11.6. The molecular weight excluding hydrogens is 284 g/mol. The van der Waals surface area contributed by atoms with Gasteiger partial charge in [-0.1, -0.05) is 24.6 Å². The maximum atomic E-state index is 11.7. The number of carboxylic acids is 1. The highest BCUT2D eigenvalue weighted by Crippen LogP contribution is 2.10. The summed E-state index contributed by atoms with van der Waals surface area (Å²) in [5, 5.41) is 13.9. The number of aliphatic carboxylic acids is 1. The number of nitrogens with one attached hydrogen (secondary N) is 2. The van der Waals surface area contributed by atoms with Crippen LogP contribution in [0.15, 0.2) is 24.3 Å². The first kappa shape index (κ1) is 16.0. The third kappa shape index (κ3) is 4.89. The maximum Gasteiger partial charge on any atom is 0.326 e. The van der Waals surface area contributed by atoms with Crippen LogP contribution in [-0.2, 0) is 9.59 Å². The number of carbonyl (C=O) groups is 3. The minimum absolute atomic E-state index is 0.267. The molecule has 1 aromatic carbocycles. The van der Waals surface area contributed by atoms with Gasteiger partial charge in [-0.15, -0.1) is 0 Å². The summed E-state index contributed by atoms with van der Waals surface area (Å²) >= 11 is 5.75. The zero-order valence-electron chi connectivity index (χ0n) is 10.9. The maximum absolute atomic E-state index is 11.7. The van der Waals surface area contributed by atoms with E-state index in [0.717, 1.165) is 0 Å². The van der Waals surface area contributed by atoms with Gasteiger partial charge in [0.1, 0.15) is 6.04 Å². The molecule has 108 valence electrons. The molecule has 2 amide bonds. The summed E-state index contributed by atoms with van der Waals surface area (Å²) in [7, 11) is 0. The van der Waals surface area contributed by atoms with Crippen molar-refractivity contribution in [1.82, 2.24) is 10.6 Å². The molecule has 1 atom stereocenters. The second-order valence-corrected chi connectivity index (χ2v) is 4.50. The predicted molar refractivity (Wildman–Crippen MR) is 73.6 cm³/mol. The third-order valence-corrected chi connectivity index (χ3v) is 2.77. The number of carbonyl (C=O) groups excluding carboxylic acids is 2. The van der Waals surface area contributed by atoms with Gasteiger partial charge >= 0.3 is 5.97 Å². The van der Waals surface area contributed by atoms with E-state index in [1.54, 1.807) is 25.1 Å². The summed E-state index contributed by atoms with van der Waals surface area (Å²) in [6.45, 7) is 1.35. The lowest BCUT2D eigenvalue weighted by atomic mass is 10.2. The number of carboxylic acid groups (broad SMARTS) is 1.